The number of para-hydroxylation sites is 1. The van der Waals surface area contributed by atoms with Crippen LogP contribution in [0.25, 0.3) is 10.9 Å². The number of hydrogen-bond donors (Lipinski definition) is 1. The van der Waals surface area contributed by atoms with Crippen LogP contribution in [0.5, 0.6) is 0 Å². The molecule has 8 nitrogen and oxygen atoms in total. The van der Waals surface area contributed by atoms with Gasteiger partial charge in [0.15, 0.2) is 0 Å². The molecular formula is C24H30N6O2. The van der Waals surface area contributed by atoms with Crippen molar-refractivity contribution in [1.29, 1.82) is 0 Å². The number of pyridine rings is 1. The van der Waals surface area contributed by atoms with Crippen LogP contribution in [0.4, 0.5) is 5.95 Å². The summed E-state index contributed by atoms with van der Waals surface area (Å²) < 4.78 is 5.06. The van der Waals surface area contributed by atoms with Crippen LogP contribution in [0.3, 0.4) is 0 Å². The highest BCUT2D eigenvalue weighted by Crippen LogP contribution is 2.30. The van der Waals surface area contributed by atoms with E-state index in [2.05, 4.69) is 20.2 Å². The lowest BCUT2D eigenvalue weighted by molar-refractivity contribution is 0.0938. The van der Waals surface area contributed by atoms with E-state index in [1.165, 1.54) is 0 Å². The number of nitrogens with one attached hydrogen (secondary N) is 1. The van der Waals surface area contributed by atoms with Gasteiger partial charge in [-0.3, -0.25) is 14.7 Å². The molecule has 168 valence electrons. The van der Waals surface area contributed by atoms with Crippen LogP contribution >= 0.6 is 0 Å². The predicted octanol–water partition coefficient (Wildman–Crippen LogP) is 2.46. The molecule has 0 saturated carbocycles. The lowest BCUT2D eigenvalue weighted by Crippen LogP contribution is -2.27. The Morgan fingerprint density at radius 1 is 1.25 bits per heavy atom. The van der Waals surface area contributed by atoms with E-state index in [1.54, 1.807) is 7.11 Å². The molecule has 1 aromatic carbocycles. The number of ether oxygens (including phenoxy) is 1. The normalized spacial score (nSPS) is 16.4. The zero-order chi connectivity index (χ0) is 22.5. The van der Waals surface area contributed by atoms with E-state index in [-0.39, 0.29) is 11.8 Å². The largest absolute Gasteiger partial charge is 0.383 e. The van der Waals surface area contributed by atoms with Gasteiger partial charge in [0, 0.05) is 75.8 Å². The number of fused-ring (bicyclic) bond motifs is 1. The molecule has 0 unspecified atom stereocenters. The van der Waals surface area contributed by atoms with Gasteiger partial charge in [-0.05, 0) is 25.1 Å². The number of methoxy groups -OCH3 is 1. The van der Waals surface area contributed by atoms with Crippen LogP contribution in [0, 0.1) is 0 Å². The van der Waals surface area contributed by atoms with E-state index in [1.807, 2.05) is 61.7 Å². The van der Waals surface area contributed by atoms with Gasteiger partial charge in [0.2, 0.25) is 5.95 Å². The predicted molar refractivity (Wildman–Crippen MR) is 125 cm³/mol. The molecule has 1 atom stereocenters. The van der Waals surface area contributed by atoms with Crippen LogP contribution in [0.1, 0.15) is 34.0 Å². The summed E-state index contributed by atoms with van der Waals surface area (Å²) in [7, 11) is 5.49. The monoisotopic (exact) mass is 434 g/mol. The van der Waals surface area contributed by atoms with Crippen LogP contribution in [0.2, 0.25) is 0 Å². The van der Waals surface area contributed by atoms with E-state index in [0.717, 1.165) is 48.2 Å². The molecule has 2 aromatic heterocycles. The van der Waals surface area contributed by atoms with Crippen LogP contribution in [0.15, 0.2) is 42.7 Å². The Balaban J connectivity index is 1.50. The maximum absolute atomic E-state index is 12.9. The first-order valence-electron chi connectivity index (χ1n) is 10.9. The zero-order valence-electron chi connectivity index (χ0n) is 18.9. The first-order chi connectivity index (χ1) is 15.5. The molecule has 4 rings (SSSR count). The van der Waals surface area contributed by atoms with E-state index in [0.29, 0.717) is 24.7 Å². The fourth-order valence-corrected chi connectivity index (χ4v) is 4.09. The van der Waals surface area contributed by atoms with Gasteiger partial charge < -0.3 is 15.0 Å². The number of anilines is 1. The Labute approximate surface area is 188 Å². The lowest BCUT2D eigenvalue weighted by Gasteiger charge is -2.17. The number of benzene rings is 1. The number of likely N-dealkylation sites (tertiary alicyclic amines) is 1. The van der Waals surface area contributed by atoms with Crippen LogP contribution in [-0.2, 0) is 11.3 Å². The second-order valence-corrected chi connectivity index (χ2v) is 8.37. The van der Waals surface area contributed by atoms with Crippen molar-refractivity contribution in [2.45, 2.75) is 18.9 Å². The standard InChI is InChI=1S/C24H30N6O2/c1-29(2)24-26-13-17(14-27-24)15-30-10-8-18(16-30)22-12-20(23(31)25-9-11-32-3)19-6-4-5-7-21(19)28-22/h4-7,12-14,18H,8-11,15-16H2,1-3H3,(H,25,31)/t18-/m1/s1. The van der Waals surface area contributed by atoms with E-state index >= 15 is 0 Å². The molecule has 32 heavy (non-hydrogen) atoms. The van der Waals surface area contributed by atoms with Gasteiger partial charge in [0.05, 0.1) is 17.7 Å². The molecule has 1 aliphatic rings. The number of hydrogen-bond acceptors (Lipinski definition) is 7. The van der Waals surface area contributed by atoms with Crippen molar-refractivity contribution in [3.8, 4) is 0 Å². The number of carbonyl (C=O) groups is 1. The Kier molecular flexibility index (Phi) is 6.92. The molecule has 0 radical (unpaired) electrons. The van der Waals surface area contributed by atoms with Gasteiger partial charge in [0.1, 0.15) is 0 Å². The third kappa shape index (κ3) is 5.03. The van der Waals surface area contributed by atoms with Crippen LogP contribution in [-0.4, -0.2) is 73.2 Å². The van der Waals surface area contributed by atoms with Crippen molar-refractivity contribution in [3.63, 3.8) is 0 Å². The molecule has 3 heterocycles. The van der Waals surface area contributed by atoms with Crippen molar-refractivity contribution in [1.82, 2.24) is 25.2 Å². The van der Waals surface area contributed by atoms with Crippen molar-refractivity contribution in [2.75, 3.05) is 52.3 Å². The Hall–Kier alpha value is -3.10. The first kappa shape index (κ1) is 22.1. The molecule has 1 amide bonds. The van der Waals surface area contributed by atoms with Gasteiger partial charge in [-0.2, -0.15) is 0 Å². The second kappa shape index (κ2) is 10.0. The number of nitrogens with zero attached hydrogens (tertiary/aromatic N) is 5. The summed E-state index contributed by atoms with van der Waals surface area (Å²) in [5.41, 5.74) is 3.60. The smallest absolute Gasteiger partial charge is 0.252 e. The van der Waals surface area contributed by atoms with Gasteiger partial charge in [-0.1, -0.05) is 18.2 Å². The van der Waals surface area contributed by atoms with Crippen molar-refractivity contribution >= 4 is 22.8 Å². The molecule has 0 aliphatic carbocycles. The van der Waals surface area contributed by atoms with E-state index in [9.17, 15) is 4.79 Å². The quantitative estimate of drug-likeness (QED) is 0.545. The van der Waals surface area contributed by atoms with Gasteiger partial charge >= 0.3 is 0 Å². The highest BCUT2D eigenvalue weighted by molar-refractivity contribution is 6.06. The highest BCUT2D eigenvalue weighted by Gasteiger charge is 2.26. The Morgan fingerprint density at radius 3 is 2.78 bits per heavy atom. The molecule has 1 saturated heterocycles. The Morgan fingerprint density at radius 2 is 2.03 bits per heavy atom. The molecular weight excluding hydrogens is 404 g/mol. The summed E-state index contributed by atoms with van der Waals surface area (Å²) in [6.45, 7) is 3.64. The maximum Gasteiger partial charge on any atom is 0.252 e. The summed E-state index contributed by atoms with van der Waals surface area (Å²) in [5, 5.41) is 3.82. The fraction of sp³-hybridized carbons (Fsp3) is 0.417. The van der Waals surface area contributed by atoms with Gasteiger partial charge in [-0.25, -0.2) is 9.97 Å². The van der Waals surface area contributed by atoms with Gasteiger partial charge in [0.25, 0.3) is 5.91 Å². The maximum atomic E-state index is 12.9. The topological polar surface area (TPSA) is 83.5 Å². The van der Waals surface area contributed by atoms with Gasteiger partial charge in [-0.15, -0.1) is 0 Å². The fourth-order valence-electron chi connectivity index (χ4n) is 4.09. The summed E-state index contributed by atoms with van der Waals surface area (Å²) in [5.74, 6) is 0.909. The lowest BCUT2D eigenvalue weighted by atomic mass is 9.99. The molecule has 3 aromatic rings. The van der Waals surface area contributed by atoms with E-state index < -0.39 is 0 Å². The summed E-state index contributed by atoms with van der Waals surface area (Å²) in [4.78, 5) is 30.9. The molecule has 1 aliphatic heterocycles. The zero-order valence-corrected chi connectivity index (χ0v) is 18.9. The van der Waals surface area contributed by atoms with Crippen molar-refractivity contribution in [3.05, 3.63) is 59.5 Å². The summed E-state index contributed by atoms with van der Waals surface area (Å²) >= 11 is 0. The molecule has 1 fully saturated rings. The van der Waals surface area contributed by atoms with Crippen molar-refractivity contribution in [2.24, 2.45) is 0 Å². The summed E-state index contributed by atoms with van der Waals surface area (Å²) in [6, 6.07) is 9.80. The third-order valence-electron chi connectivity index (χ3n) is 5.76. The molecule has 0 spiro atoms. The van der Waals surface area contributed by atoms with Crippen LogP contribution < -0.4 is 10.2 Å². The number of amides is 1. The Bertz CT molecular complexity index is 1070. The number of carbonyl (C=O) groups excluding carboxylic acids is 1. The second-order valence-electron chi connectivity index (χ2n) is 8.37. The average Bonchev–Trinajstić information content (AvgIpc) is 3.27. The highest BCUT2D eigenvalue weighted by atomic mass is 16.5. The average molecular weight is 435 g/mol. The SMILES string of the molecule is COCCNC(=O)c1cc([C@@H]2CCN(Cc3cnc(N(C)C)nc3)C2)nc2ccccc12. The summed E-state index contributed by atoms with van der Waals surface area (Å²) in [6.07, 6.45) is 4.80. The minimum absolute atomic E-state index is 0.0881. The third-order valence-corrected chi connectivity index (χ3v) is 5.76. The minimum atomic E-state index is -0.0881. The van der Waals surface area contributed by atoms with E-state index in [4.69, 9.17) is 9.72 Å². The molecule has 1 N–H and O–H groups in total. The number of aromatic nitrogens is 3. The van der Waals surface area contributed by atoms with Crippen molar-refractivity contribution < 1.29 is 9.53 Å². The minimum Gasteiger partial charge on any atom is -0.383 e. The number of rotatable bonds is 8. The molecule has 0 bridgehead atoms. The molecule has 8 heteroatoms. The first-order valence-corrected chi connectivity index (χ1v) is 10.9.